The Hall–Kier alpha value is -0.730. The number of hydrogen-bond acceptors (Lipinski definition) is 7. The van der Waals surface area contributed by atoms with Gasteiger partial charge in [0.05, 0.1) is 0 Å². The van der Waals surface area contributed by atoms with Gasteiger partial charge in [-0.05, 0) is 6.92 Å². The van der Waals surface area contributed by atoms with Crippen LogP contribution in [-0.2, 0) is 9.47 Å². The number of piperazine rings is 1. The standard InChI is InChI=1S/C14H26N4O2S/c1-14(11-15,10-12(19-2)20-3)18-7-5-17(6-8-18)13-16-4-9-21-13/h4,9,12H,5-8,10-11,15H2,1-3H3. The number of aromatic nitrogens is 1. The number of nitrogens with zero attached hydrogens (tertiary/aromatic N) is 3. The van der Waals surface area contributed by atoms with Crippen molar-refractivity contribution in [3.8, 4) is 0 Å². The Morgan fingerprint density at radius 3 is 2.48 bits per heavy atom. The van der Waals surface area contributed by atoms with Gasteiger partial charge in [0, 0.05) is 70.5 Å². The van der Waals surface area contributed by atoms with Crippen LogP contribution >= 0.6 is 11.3 Å². The lowest BCUT2D eigenvalue weighted by atomic mass is 9.94. The van der Waals surface area contributed by atoms with E-state index in [1.54, 1.807) is 25.6 Å². The van der Waals surface area contributed by atoms with Crippen LogP contribution in [0.4, 0.5) is 5.13 Å². The van der Waals surface area contributed by atoms with Gasteiger partial charge in [-0.25, -0.2) is 4.98 Å². The van der Waals surface area contributed by atoms with Gasteiger partial charge in [0.2, 0.25) is 0 Å². The van der Waals surface area contributed by atoms with Crippen molar-refractivity contribution in [2.45, 2.75) is 25.2 Å². The largest absolute Gasteiger partial charge is 0.356 e. The summed E-state index contributed by atoms with van der Waals surface area (Å²) >= 11 is 1.69. The molecule has 120 valence electrons. The first-order valence-electron chi connectivity index (χ1n) is 7.28. The lowest BCUT2D eigenvalue weighted by Crippen LogP contribution is -2.60. The fourth-order valence-electron chi connectivity index (χ4n) is 2.77. The van der Waals surface area contributed by atoms with E-state index < -0.39 is 0 Å². The molecule has 1 unspecified atom stereocenters. The summed E-state index contributed by atoms with van der Waals surface area (Å²) < 4.78 is 10.7. The number of thiazole rings is 1. The molecular weight excluding hydrogens is 288 g/mol. The normalized spacial score (nSPS) is 20.0. The molecule has 0 spiro atoms. The Bertz CT molecular complexity index is 405. The summed E-state index contributed by atoms with van der Waals surface area (Å²) in [6, 6.07) is 0. The summed E-state index contributed by atoms with van der Waals surface area (Å²) in [4.78, 5) is 9.17. The van der Waals surface area contributed by atoms with Crippen LogP contribution in [0.1, 0.15) is 13.3 Å². The molecule has 2 N–H and O–H groups in total. The number of hydrogen-bond donors (Lipinski definition) is 1. The van der Waals surface area contributed by atoms with Crippen LogP contribution in [0.25, 0.3) is 0 Å². The lowest BCUT2D eigenvalue weighted by molar-refractivity contribution is -0.129. The Labute approximate surface area is 130 Å². The van der Waals surface area contributed by atoms with E-state index in [0.717, 1.165) is 37.7 Å². The summed E-state index contributed by atoms with van der Waals surface area (Å²) in [6.07, 6.45) is 2.42. The van der Waals surface area contributed by atoms with Crippen LogP contribution in [0.3, 0.4) is 0 Å². The molecule has 1 aliphatic heterocycles. The third-order valence-electron chi connectivity index (χ3n) is 4.30. The monoisotopic (exact) mass is 314 g/mol. The second kappa shape index (κ2) is 7.51. The predicted octanol–water partition coefficient (Wildman–Crippen LogP) is 0.992. The topological polar surface area (TPSA) is 63.9 Å². The highest BCUT2D eigenvalue weighted by Crippen LogP contribution is 2.26. The smallest absolute Gasteiger partial charge is 0.185 e. The lowest BCUT2D eigenvalue weighted by Gasteiger charge is -2.46. The van der Waals surface area contributed by atoms with Crippen LogP contribution in [0.15, 0.2) is 11.6 Å². The minimum atomic E-state index is -0.212. The van der Waals surface area contributed by atoms with Crippen molar-refractivity contribution >= 4 is 16.5 Å². The summed E-state index contributed by atoms with van der Waals surface area (Å²) in [7, 11) is 3.34. The minimum Gasteiger partial charge on any atom is -0.356 e. The Morgan fingerprint density at radius 1 is 1.33 bits per heavy atom. The summed E-state index contributed by atoms with van der Waals surface area (Å²) in [5.74, 6) is 0. The number of ether oxygens (including phenoxy) is 2. The molecular formula is C14H26N4O2S. The molecule has 0 aromatic carbocycles. The van der Waals surface area contributed by atoms with Crippen molar-refractivity contribution in [3.05, 3.63) is 11.6 Å². The SMILES string of the molecule is COC(CC(C)(CN)N1CCN(c2nccs2)CC1)OC. The number of methoxy groups -OCH3 is 2. The van der Waals surface area contributed by atoms with Gasteiger partial charge >= 0.3 is 0 Å². The highest BCUT2D eigenvalue weighted by molar-refractivity contribution is 7.13. The van der Waals surface area contributed by atoms with Crippen molar-refractivity contribution in [3.63, 3.8) is 0 Å². The zero-order valence-corrected chi connectivity index (χ0v) is 13.9. The molecule has 2 rings (SSSR count). The van der Waals surface area contributed by atoms with E-state index >= 15 is 0 Å². The van der Waals surface area contributed by atoms with Crippen LogP contribution in [0.2, 0.25) is 0 Å². The first kappa shape index (κ1) is 16.6. The molecule has 0 aliphatic carbocycles. The summed E-state index contributed by atoms with van der Waals surface area (Å²) in [6.45, 7) is 6.70. The Morgan fingerprint density at radius 2 is 2.00 bits per heavy atom. The summed E-state index contributed by atoms with van der Waals surface area (Å²) in [5, 5.41) is 3.13. The average molecular weight is 314 g/mol. The van der Waals surface area contributed by atoms with E-state index in [-0.39, 0.29) is 11.8 Å². The van der Waals surface area contributed by atoms with Gasteiger partial charge in [-0.3, -0.25) is 4.90 Å². The molecule has 0 saturated carbocycles. The summed E-state index contributed by atoms with van der Waals surface area (Å²) in [5.41, 5.74) is 5.94. The van der Waals surface area contributed by atoms with Gasteiger partial charge in [0.25, 0.3) is 0 Å². The van der Waals surface area contributed by atoms with Gasteiger partial charge in [0.1, 0.15) is 0 Å². The average Bonchev–Trinajstić information content (AvgIpc) is 3.07. The molecule has 0 bridgehead atoms. The van der Waals surface area contributed by atoms with Crippen LogP contribution in [0, 0.1) is 0 Å². The molecule has 7 heteroatoms. The maximum atomic E-state index is 6.05. The highest BCUT2D eigenvalue weighted by atomic mass is 32.1. The van der Waals surface area contributed by atoms with E-state index in [9.17, 15) is 0 Å². The second-order valence-electron chi connectivity index (χ2n) is 5.59. The third-order valence-corrected chi connectivity index (χ3v) is 5.14. The molecule has 1 aliphatic rings. The first-order chi connectivity index (χ1) is 10.1. The molecule has 1 saturated heterocycles. The molecule has 1 aromatic heterocycles. The van der Waals surface area contributed by atoms with Crippen molar-refractivity contribution in [2.75, 3.05) is 51.8 Å². The number of anilines is 1. The quantitative estimate of drug-likeness (QED) is 0.757. The Kier molecular flexibility index (Phi) is 5.95. The molecule has 1 fully saturated rings. The number of nitrogens with two attached hydrogens (primary N) is 1. The van der Waals surface area contributed by atoms with E-state index in [1.165, 1.54) is 0 Å². The fraction of sp³-hybridized carbons (Fsp3) is 0.786. The number of rotatable bonds is 7. The minimum absolute atomic E-state index is 0.106. The predicted molar refractivity (Wildman–Crippen MR) is 85.8 cm³/mol. The maximum absolute atomic E-state index is 6.05. The van der Waals surface area contributed by atoms with Gasteiger partial charge in [-0.15, -0.1) is 11.3 Å². The van der Waals surface area contributed by atoms with Crippen molar-refractivity contribution < 1.29 is 9.47 Å². The van der Waals surface area contributed by atoms with Crippen LogP contribution < -0.4 is 10.6 Å². The molecule has 6 nitrogen and oxygen atoms in total. The molecule has 2 heterocycles. The molecule has 21 heavy (non-hydrogen) atoms. The van der Waals surface area contributed by atoms with Gasteiger partial charge in [0.15, 0.2) is 11.4 Å². The van der Waals surface area contributed by atoms with Crippen molar-refractivity contribution in [2.24, 2.45) is 5.73 Å². The molecule has 0 radical (unpaired) electrons. The third kappa shape index (κ3) is 3.92. The van der Waals surface area contributed by atoms with Crippen LogP contribution in [0.5, 0.6) is 0 Å². The molecule has 0 amide bonds. The first-order valence-corrected chi connectivity index (χ1v) is 8.16. The fourth-order valence-corrected chi connectivity index (χ4v) is 3.47. The van der Waals surface area contributed by atoms with Crippen molar-refractivity contribution in [1.29, 1.82) is 0 Å². The van der Waals surface area contributed by atoms with E-state index in [1.807, 2.05) is 11.6 Å². The second-order valence-corrected chi connectivity index (χ2v) is 6.47. The molecule has 1 atom stereocenters. The zero-order chi connectivity index (χ0) is 15.3. The van der Waals surface area contributed by atoms with Crippen LogP contribution in [-0.4, -0.2) is 68.7 Å². The molecule has 1 aromatic rings. The van der Waals surface area contributed by atoms with Gasteiger partial charge < -0.3 is 20.1 Å². The van der Waals surface area contributed by atoms with Crippen molar-refractivity contribution in [1.82, 2.24) is 9.88 Å². The van der Waals surface area contributed by atoms with Gasteiger partial charge in [-0.2, -0.15) is 0 Å². The Balaban J connectivity index is 1.94. The highest BCUT2D eigenvalue weighted by Gasteiger charge is 2.35. The zero-order valence-electron chi connectivity index (χ0n) is 13.1. The van der Waals surface area contributed by atoms with E-state index in [4.69, 9.17) is 15.2 Å². The van der Waals surface area contributed by atoms with E-state index in [2.05, 4.69) is 21.7 Å². The maximum Gasteiger partial charge on any atom is 0.185 e. The van der Waals surface area contributed by atoms with E-state index in [0.29, 0.717) is 6.54 Å². The van der Waals surface area contributed by atoms with Gasteiger partial charge in [-0.1, -0.05) is 0 Å².